The van der Waals surface area contributed by atoms with Crippen LogP contribution in [0.1, 0.15) is 25.8 Å². The molecule has 2 aromatic carbocycles. The Hall–Kier alpha value is -2.47. The van der Waals surface area contributed by atoms with Gasteiger partial charge in [0.25, 0.3) is 0 Å². The summed E-state index contributed by atoms with van der Waals surface area (Å²) in [5.74, 6) is 0. The number of rotatable bonds is 4. The highest BCUT2D eigenvalue weighted by atomic mass is 14.9. The first-order valence-electron chi connectivity index (χ1n) is 6.81. The Morgan fingerprint density at radius 2 is 2.00 bits per heavy atom. The van der Waals surface area contributed by atoms with Gasteiger partial charge >= 0.3 is 0 Å². The minimum Gasteiger partial charge on any atom is -0.397 e. The molecule has 0 spiro atoms. The van der Waals surface area contributed by atoms with E-state index in [9.17, 15) is 0 Å². The van der Waals surface area contributed by atoms with E-state index in [1.807, 2.05) is 42.5 Å². The van der Waals surface area contributed by atoms with E-state index in [0.717, 1.165) is 23.2 Å². The minimum atomic E-state index is 0.384. The van der Waals surface area contributed by atoms with Gasteiger partial charge in [-0.2, -0.15) is 5.26 Å². The molecule has 0 bridgehead atoms. The normalized spacial score (nSPS) is 11.7. The molecule has 0 aliphatic heterocycles. The van der Waals surface area contributed by atoms with Crippen molar-refractivity contribution >= 4 is 11.4 Å². The number of anilines is 2. The predicted molar refractivity (Wildman–Crippen MR) is 84.4 cm³/mol. The van der Waals surface area contributed by atoms with E-state index in [1.54, 1.807) is 0 Å². The SMILES string of the molecule is CCC(C)Nc1ccc(-c2ccccc2C#N)cc1N. The number of hydrogen-bond acceptors (Lipinski definition) is 3. The molecule has 1 atom stereocenters. The molecule has 0 fully saturated rings. The van der Waals surface area contributed by atoms with Crippen molar-refractivity contribution in [3.8, 4) is 17.2 Å². The summed E-state index contributed by atoms with van der Waals surface area (Å²) in [4.78, 5) is 0. The highest BCUT2D eigenvalue weighted by molar-refractivity contribution is 5.78. The van der Waals surface area contributed by atoms with Crippen LogP contribution in [0.5, 0.6) is 0 Å². The average Bonchev–Trinajstić information content (AvgIpc) is 2.49. The lowest BCUT2D eigenvalue weighted by molar-refractivity contribution is 0.764. The average molecular weight is 265 g/mol. The summed E-state index contributed by atoms with van der Waals surface area (Å²) in [7, 11) is 0. The molecule has 0 aromatic heterocycles. The number of nitrogens with one attached hydrogen (secondary N) is 1. The quantitative estimate of drug-likeness (QED) is 0.821. The summed E-state index contributed by atoms with van der Waals surface area (Å²) in [5, 5.41) is 12.5. The second kappa shape index (κ2) is 6.12. The first-order valence-corrected chi connectivity index (χ1v) is 6.81. The van der Waals surface area contributed by atoms with Crippen molar-refractivity contribution in [2.24, 2.45) is 0 Å². The van der Waals surface area contributed by atoms with Crippen LogP contribution in [0.3, 0.4) is 0 Å². The summed E-state index contributed by atoms with van der Waals surface area (Å²) in [6.07, 6.45) is 1.04. The Morgan fingerprint density at radius 3 is 2.65 bits per heavy atom. The first kappa shape index (κ1) is 14.0. The summed E-state index contributed by atoms with van der Waals surface area (Å²) in [5.41, 5.74) is 10.3. The third-order valence-electron chi connectivity index (χ3n) is 3.42. The van der Waals surface area contributed by atoms with E-state index in [-0.39, 0.29) is 0 Å². The Morgan fingerprint density at radius 1 is 1.25 bits per heavy atom. The standard InChI is InChI=1S/C17H19N3/c1-3-12(2)20-17-9-8-13(10-16(17)19)15-7-5-4-6-14(15)11-18/h4-10,12,20H,3,19H2,1-2H3. The number of nitrogens with two attached hydrogens (primary N) is 1. The molecule has 0 aliphatic carbocycles. The smallest absolute Gasteiger partial charge is 0.0998 e. The molecule has 3 heteroatoms. The van der Waals surface area contributed by atoms with E-state index in [0.29, 0.717) is 17.3 Å². The van der Waals surface area contributed by atoms with Gasteiger partial charge in [0.1, 0.15) is 0 Å². The number of nitriles is 1. The van der Waals surface area contributed by atoms with Gasteiger partial charge in [0.15, 0.2) is 0 Å². The molecule has 2 rings (SSSR count). The molecule has 0 aliphatic rings. The summed E-state index contributed by atoms with van der Waals surface area (Å²) < 4.78 is 0. The van der Waals surface area contributed by atoms with Gasteiger partial charge in [0.05, 0.1) is 23.0 Å². The van der Waals surface area contributed by atoms with Gasteiger partial charge in [-0.3, -0.25) is 0 Å². The van der Waals surface area contributed by atoms with E-state index >= 15 is 0 Å². The zero-order chi connectivity index (χ0) is 14.5. The van der Waals surface area contributed by atoms with Crippen LogP contribution in [0.25, 0.3) is 11.1 Å². The maximum Gasteiger partial charge on any atom is 0.0998 e. The van der Waals surface area contributed by atoms with Crippen LogP contribution in [0.15, 0.2) is 42.5 Å². The molecule has 0 radical (unpaired) electrons. The highest BCUT2D eigenvalue weighted by Crippen LogP contribution is 2.29. The molecule has 0 amide bonds. The van der Waals surface area contributed by atoms with Gasteiger partial charge in [-0.1, -0.05) is 31.2 Å². The summed E-state index contributed by atoms with van der Waals surface area (Å²) in [6.45, 7) is 4.25. The van der Waals surface area contributed by atoms with E-state index in [1.165, 1.54) is 0 Å². The van der Waals surface area contributed by atoms with Crippen LogP contribution in [-0.2, 0) is 0 Å². The monoisotopic (exact) mass is 265 g/mol. The topological polar surface area (TPSA) is 61.8 Å². The molecule has 0 heterocycles. The van der Waals surface area contributed by atoms with Crippen molar-refractivity contribution in [1.82, 2.24) is 0 Å². The molecule has 3 N–H and O–H groups in total. The molecular weight excluding hydrogens is 246 g/mol. The molecule has 3 nitrogen and oxygen atoms in total. The third kappa shape index (κ3) is 2.92. The molecule has 20 heavy (non-hydrogen) atoms. The molecule has 1 unspecified atom stereocenters. The van der Waals surface area contributed by atoms with Gasteiger partial charge in [-0.15, -0.1) is 0 Å². The van der Waals surface area contributed by atoms with Crippen molar-refractivity contribution in [3.05, 3.63) is 48.0 Å². The largest absolute Gasteiger partial charge is 0.397 e. The van der Waals surface area contributed by atoms with E-state index < -0.39 is 0 Å². The molecule has 0 saturated heterocycles. The second-order valence-electron chi connectivity index (χ2n) is 4.91. The van der Waals surface area contributed by atoms with Crippen molar-refractivity contribution in [2.75, 3.05) is 11.1 Å². The zero-order valence-electron chi connectivity index (χ0n) is 11.9. The first-order chi connectivity index (χ1) is 9.65. The van der Waals surface area contributed by atoms with Crippen LogP contribution >= 0.6 is 0 Å². The second-order valence-corrected chi connectivity index (χ2v) is 4.91. The Labute approximate surface area is 120 Å². The van der Waals surface area contributed by atoms with Gasteiger partial charge in [-0.25, -0.2) is 0 Å². The van der Waals surface area contributed by atoms with Crippen molar-refractivity contribution in [3.63, 3.8) is 0 Å². The van der Waals surface area contributed by atoms with Crippen LogP contribution in [0.4, 0.5) is 11.4 Å². The van der Waals surface area contributed by atoms with Gasteiger partial charge in [0, 0.05) is 6.04 Å². The Kier molecular flexibility index (Phi) is 4.27. The molecule has 2 aromatic rings. The highest BCUT2D eigenvalue weighted by Gasteiger charge is 2.07. The summed E-state index contributed by atoms with van der Waals surface area (Å²) >= 11 is 0. The fourth-order valence-electron chi connectivity index (χ4n) is 2.06. The molecule has 102 valence electrons. The molecular formula is C17H19N3. The lowest BCUT2D eigenvalue weighted by Crippen LogP contribution is -2.14. The Balaban J connectivity index is 2.36. The van der Waals surface area contributed by atoms with Gasteiger partial charge in [0.2, 0.25) is 0 Å². The summed E-state index contributed by atoms with van der Waals surface area (Å²) in [6, 6.07) is 16.0. The lowest BCUT2D eigenvalue weighted by atomic mass is 9.99. The van der Waals surface area contributed by atoms with E-state index in [2.05, 4.69) is 25.2 Å². The maximum absolute atomic E-state index is 9.16. The number of benzene rings is 2. The minimum absolute atomic E-state index is 0.384. The fourth-order valence-corrected chi connectivity index (χ4v) is 2.06. The number of hydrogen-bond donors (Lipinski definition) is 2. The van der Waals surface area contributed by atoms with Gasteiger partial charge in [-0.05, 0) is 42.7 Å². The Bertz CT molecular complexity index is 641. The fraction of sp³-hybridized carbons (Fsp3) is 0.235. The lowest BCUT2D eigenvalue weighted by Gasteiger charge is -2.16. The predicted octanol–water partition coefficient (Wildman–Crippen LogP) is 4.02. The van der Waals surface area contributed by atoms with Crippen LogP contribution in [0.2, 0.25) is 0 Å². The van der Waals surface area contributed by atoms with Crippen LogP contribution < -0.4 is 11.1 Å². The van der Waals surface area contributed by atoms with Crippen molar-refractivity contribution < 1.29 is 0 Å². The van der Waals surface area contributed by atoms with Crippen LogP contribution in [-0.4, -0.2) is 6.04 Å². The maximum atomic E-state index is 9.16. The third-order valence-corrected chi connectivity index (χ3v) is 3.42. The van der Waals surface area contributed by atoms with Gasteiger partial charge < -0.3 is 11.1 Å². The van der Waals surface area contributed by atoms with Crippen molar-refractivity contribution in [1.29, 1.82) is 5.26 Å². The van der Waals surface area contributed by atoms with Crippen molar-refractivity contribution in [2.45, 2.75) is 26.3 Å². The number of nitrogen functional groups attached to an aromatic ring is 1. The molecule has 0 saturated carbocycles. The zero-order valence-corrected chi connectivity index (χ0v) is 11.9. The van der Waals surface area contributed by atoms with E-state index in [4.69, 9.17) is 11.0 Å². The number of nitrogens with zero attached hydrogens (tertiary/aromatic N) is 1. The van der Waals surface area contributed by atoms with Crippen LogP contribution in [0, 0.1) is 11.3 Å².